The number of rotatable bonds is 0. The molecular formula is C7H11Cl2NO. The molecule has 0 atom stereocenters. The van der Waals surface area contributed by atoms with Crippen molar-refractivity contribution >= 4 is 18.0 Å². The van der Waals surface area contributed by atoms with Crippen molar-refractivity contribution in [3.63, 3.8) is 0 Å². The first-order valence-corrected chi connectivity index (χ1v) is 3.56. The third kappa shape index (κ3) is 1.68. The van der Waals surface area contributed by atoms with Crippen LogP contribution in [-0.4, -0.2) is 23.6 Å². The summed E-state index contributed by atoms with van der Waals surface area (Å²) in [6, 6.07) is 0. The Bertz CT molecular complexity index is 208. The van der Waals surface area contributed by atoms with Crippen molar-refractivity contribution in [3.8, 4) is 0 Å². The lowest BCUT2D eigenvalue weighted by Gasteiger charge is -2.11. The number of hydrogen-bond acceptors (Lipinski definition) is 1. The van der Waals surface area contributed by atoms with Crippen molar-refractivity contribution in [3.05, 3.63) is 11.3 Å². The molecular weight excluding hydrogens is 185 g/mol. The molecule has 0 bridgehead atoms. The highest BCUT2D eigenvalue weighted by Crippen LogP contribution is 2.24. The van der Waals surface area contributed by atoms with E-state index in [1.165, 1.54) is 5.54 Å². The van der Waals surface area contributed by atoms with Gasteiger partial charge in [-0.1, -0.05) is 11.6 Å². The van der Waals surface area contributed by atoms with Crippen molar-refractivity contribution in [2.24, 2.45) is 0 Å². The number of ether oxygens (including phenoxy) is 1. The second-order valence-electron chi connectivity index (χ2n) is 2.87. The third-order valence-electron chi connectivity index (χ3n) is 1.92. The molecule has 0 spiro atoms. The van der Waals surface area contributed by atoms with Crippen molar-refractivity contribution in [1.82, 2.24) is 0 Å². The molecule has 0 radical (unpaired) electrons. The van der Waals surface area contributed by atoms with Gasteiger partial charge in [0.15, 0.2) is 5.76 Å². The van der Waals surface area contributed by atoms with Gasteiger partial charge in [-0.25, -0.2) is 0 Å². The van der Waals surface area contributed by atoms with Crippen LogP contribution in [0.3, 0.4) is 0 Å². The number of likely N-dealkylation sites (N-methyl/N-ethyl adjacent to an activating group) is 1. The third-order valence-corrected chi connectivity index (χ3v) is 2.12. The molecule has 0 unspecified atom stereocenters. The number of hydrogen-bond donors (Lipinski definition) is 0. The van der Waals surface area contributed by atoms with E-state index in [9.17, 15) is 0 Å². The van der Waals surface area contributed by atoms with E-state index in [0.29, 0.717) is 0 Å². The first-order valence-electron chi connectivity index (χ1n) is 3.13. The van der Waals surface area contributed by atoms with Crippen LogP contribution in [0, 0.1) is 0 Å². The zero-order chi connectivity index (χ0) is 7.78. The van der Waals surface area contributed by atoms with Gasteiger partial charge in [0.1, 0.15) is 7.05 Å². The largest absolute Gasteiger partial charge is 1.00 e. The second kappa shape index (κ2) is 3.46. The Balaban J connectivity index is 0.000001000. The molecule has 1 aliphatic heterocycles. The minimum absolute atomic E-state index is 0. The summed E-state index contributed by atoms with van der Waals surface area (Å²) in [5.41, 5.74) is 1.38. The topological polar surface area (TPSA) is 12.2 Å². The van der Waals surface area contributed by atoms with Gasteiger partial charge in [0.2, 0.25) is 5.54 Å². The van der Waals surface area contributed by atoms with Gasteiger partial charge in [-0.05, 0) is 0 Å². The fraction of sp³-hybridized carbons (Fsp3) is 0.571. The Labute approximate surface area is 77.9 Å². The molecule has 0 aromatic heterocycles. The Kier molecular flexibility index (Phi) is 3.39. The van der Waals surface area contributed by atoms with Gasteiger partial charge in [-0.15, -0.1) is 0 Å². The van der Waals surface area contributed by atoms with Crippen LogP contribution >= 0.6 is 11.6 Å². The zero-order valence-corrected chi connectivity index (χ0v) is 8.28. The minimum atomic E-state index is -0.0955. The molecule has 0 saturated heterocycles. The predicted octanol–water partition coefficient (Wildman–Crippen LogP) is -1.45. The molecule has 0 amide bonds. The zero-order valence-electron chi connectivity index (χ0n) is 6.77. The summed E-state index contributed by atoms with van der Waals surface area (Å²) in [5, 5.41) is 0. The quantitative estimate of drug-likeness (QED) is 0.432. The molecule has 64 valence electrons. The molecule has 2 nitrogen and oxygen atoms in total. The van der Waals surface area contributed by atoms with Gasteiger partial charge in [0.05, 0.1) is 5.54 Å². The van der Waals surface area contributed by atoms with Crippen LogP contribution in [0.5, 0.6) is 0 Å². The lowest BCUT2D eigenvalue weighted by Crippen LogP contribution is -3.00. The molecule has 0 aliphatic carbocycles. The predicted molar refractivity (Wildman–Crippen MR) is 41.3 cm³/mol. The minimum Gasteiger partial charge on any atom is -1.00 e. The Hall–Kier alpha value is -0.210. The fourth-order valence-electron chi connectivity index (χ4n) is 0.745. The lowest BCUT2D eigenvalue weighted by atomic mass is 10.0. The molecule has 0 saturated carbocycles. The highest BCUT2D eigenvalue weighted by atomic mass is 35.5. The molecule has 0 fully saturated rings. The fourth-order valence-corrected chi connectivity index (χ4v) is 1.06. The normalized spacial score (nSPS) is 24.0. The summed E-state index contributed by atoms with van der Waals surface area (Å²) in [7, 11) is 1.95. The lowest BCUT2D eigenvalue weighted by molar-refractivity contribution is -0.553. The summed E-state index contributed by atoms with van der Waals surface area (Å²) >= 11 is 5.52. The van der Waals surface area contributed by atoms with Gasteiger partial charge < -0.3 is 17.1 Å². The van der Waals surface area contributed by atoms with E-state index < -0.39 is 0 Å². The van der Waals surface area contributed by atoms with Gasteiger partial charge in [-0.2, -0.15) is 4.58 Å². The first-order chi connectivity index (χ1) is 4.59. The van der Waals surface area contributed by atoms with E-state index in [0.717, 1.165) is 5.76 Å². The first kappa shape index (κ1) is 10.8. The van der Waals surface area contributed by atoms with Gasteiger partial charge >= 0.3 is 6.40 Å². The van der Waals surface area contributed by atoms with Crippen molar-refractivity contribution in [2.45, 2.75) is 19.4 Å². The van der Waals surface area contributed by atoms with E-state index in [4.69, 9.17) is 16.3 Å². The molecule has 1 heterocycles. The summed E-state index contributed by atoms with van der Waals surface area (Å²) < 4.78 is 7.13. The standard InChI is InChI=1S/C7H11ClNO.ClH/c1-7(2)6(4-8)10-5-9(7)3;/h4-5H,1-3H3;1H/q+1;/p-1. The van der Waals surface area contributed by atoms with Gasteiger partial charge in [0, 0.05) is 13.8 Å². The highest BCUT2D eigenvalue weighted by Gasteiger charge is 2.39. The van der Waals surface area contributed by atoms with Crippen LogP contribution in [0.2, 0.25) is 0 Å². The van der Waals surface area contributed by atoms with Crippen molar-refractivity contribution < 1.29 is 21.7 Å². The van der Waals surface area contributed by atoms with Crippen LogP contribution in [0.4, 0.5) is 0 Å². The Morgan fingerprint density at radius 2 is 2.18 bits per heavy atom. The molecule has 0 aromatic rings. The maximum Gasteiger partial charge on any atom is 0.329 e. The van der Waals surface area contributed by atoms with Crippen LogP contribution in [0.25, 0.3) is 0 Å². The average Bonchev–Trinajstić information content (AvgIpc) is 2.10. The number of nitrogens with zero attached hydrogens (tertiary/aromatic N) is 1. The smallest absolute Gasteiger partial charge is 0.329 e. The Morgan fingerprint density at radius 3 is 2.36 bits per heavy atom. The highest BCUT2D eigenvalue weighted by molar-refractivity contribution is 6.25. The van der Waals surface area contributed by atoms with Gasteiger partial charge in [-0.3, -0.25) is 0 Å². The van der Waals surface area contributed by atoms with Crippen molar-refractivity contribution in [1.29, 1.82) is 0 Å². The average molecular weight is 196 g/mol. The van der Waals surface area contributed by atoms with Crippen LogP contribution in [0.1, 0.15) is 13.8 Å². The van der Waals surface area contributed by atoms with E-state index in [-0.39, 0.29) is 17.9 Å². The van der Waals surface area contributed by atoms with Crippen molar-refractivity contribution in [2.75, 3.05) is 7.05 Å². The SMILES string of the molecule is C[N+]1=COC(=CCl)C1(C)C.[Cl-]. The molecule has 0 aromatic carbocycles. The van der Waals surface area contributed by atoms with E-state index in [1.807, 2.05) is 25.5 Å². The summed E-state index contributed by atoms with van der Waals surface area (Å²) in [5.74, 6) is 0.789. The molecule has 4 heteroatoms. The molecule has 1 aliphatic rings. The second-order valence-corrected chi connectivity index (χ2v) is 3.08. The Morgan fingerprint density at radius 1 is 1.64 bits per heavy atom. The maximum atomic E-state index is 5.52. The maximum absolute atomic E-state index is 5.52. The van der Waals surface area contributed by atoms with E-state index in [2.05, 4.69) is 0 Å². The van der Waals surface area contributed by atoms with Crippen LogP contribution < -0.4 is 12.4 Å². The summed E-state index contributed by atoms with van der Waals surface area (Å²) in [6.45, 7) is 4.09. The monoisotopic (exact) mass is 195 g/mol. The van der Waals surface area contributed by atoms with Crippen LogP contribution in [-0.2, 0) is 4.74 Å². The number of halogens is 2. The molecule has 0 N–H and O–H groups in total. The molecule has 11 heavy (non-hydrogen) atoms. The summed E-state index contributed by atoms with van der Waals surface area (Å²) in [4.78, 5) is 0. The molecule has 1 rings (SSSR count). The summed E-state index contributed by atoms with van der Waals surface area (Å²) in [6.07, 6.45) is 1.66. The van der Waals surface area contributed by atoms with E-state index >= 15 is 0 Å². The van der Waals surface area contributed by atoms with Gasteiger partial charge in [0.25, 0.3) is 0 Å². The van der Waals surface area contributed by atoms with Crippen LogP contribution in [0.15, 0.2) is 11.3 Å². The van der Waals surface area contributed by atoms with E-state index in [1.54, 1.807) is 6.40 Å².